The minimum atomic E-state index is 0.853. The lowest BCUT2D eigenvalue weighted by Crippen LogP contribution is -2.47. The van der Waals surface area contributed by atoms with Gasteiger partial charge in [-0.3, -0.25) is 4.90 Å². The summed E-state index contributed by atoms with van der Waals surface area (Å²) in [6, 6.07) is 8.12. The highest BCUT2D eigenvalue weighted by Crippen LogP contribution is 2.23. The SMILES string of the molecule is COCCCN1CCN(c2ccccc2N)CC1. The van der Waals surface area contributed by atoms with Crippen LogP contribution in [0.2, 0.25) is 0 Å². The average Bonchev–Trinajstić information content (AvgIpc) is 2.41. The summed E-state index contributed by atoms with van der Waals surface area (Å²) in [4.78, 5) is 4.87. The van der Waals surface area contributed by atoms with Crippen LogP contribution in [0.5, 0.6) is 0 Å². The molecule has 0 unspecified atom stereocenters. The molecule has 0 aliphatic carbocycles. The van der Waals surface area contributed by atoms with Gasteiger partial charge in [0.05, 0.1) is 11.4 Å². The van der Waals surface area contributed by atoms with E-state index in [1.165, 1.54) is 5.69 Å². The van der Waals surface area contributed by atoms with Gasteiger partial charge < -0.3 is 15.4 Å². The predicted octanol–water partition coefficient (Wildman–Crippen LogP) is 1.43. The first kappa shape index (κ1) is 13.2. The second kappa shape index (κ2) is 6.61. The van der Waals surface area contributed by atoms with Crippen molar-refractivity contribution in [1.82, 2.24) is 4.90 Å². The van der Waals surface area contributed by atoms with E-state index in [0.717, 1.165) is 51.4 Å². The summed E-state index contributed by atoms with van der Waals surface area (Å²) in [7, 11) is 1.76. The van der Waals surface area contributed by atoms with Crippen molar-refractivity contribution in [2.24, 2.45) is 0 Å². The number of methoxy groups -OCH3 is 1. The number of benzene rings is 1. The van der Waals surface area contributed by atoms with E-state index < -0.39 is 0 Å². The van der Waals surface area contributed by atoms with E-state index in [4.69, 9.17) is 10.5 Å². The van der Waals surface area contributed by atoms with Gasteiger partial charge in [0.25, 0.3) is 0 Å². The molecule has 4 heteroatoms. The van der Waals surface area contributed by atoms with E-state index in [1.807, 2.05) is 12.1 Å². The molecular weight excluding hydrogens is 226 g/mol. The zero-order chi connectivity index (χ0) is 12.8. The number of hydrogen-bond donors (Lipinski definition) is 1. The zero-order valence-electron chi connectivity index (χ0n) is 11.1. The summed E-state index contributed by atoms with van der Waals surface area (Å²) in [5.74, 6) is 0. The Kier molecular flexibility index (Phi) is 4.84. The highest BCUT2D eigenvalue weighted by molar-refractivity contribution is 5.67. The lowest BCUT2D eigenvalue weighted by molar-refractivity contribution is 0.169. The molecule has 0 spiro atoms. The maximum absolute atomic E-state index is 6.01. The summed E-state index contributed by atoms with van der Waals surface area (Å²) in [6.07, 6.45) is 1.12. The molecule has 0 radical (unpaired) electrons. The van der Waals surface area contributed by atoms with Gasteiger partial charge in [-0.2, -0.15) is 0 Å². The summed E-state index contributed by atoms with van der Waals surface area (Å²) in [5.41, 5.74) is 8.07. The van der Waals surface area contributed by atoms with Gasteiger partial charge in [0.2, 0.25) is 0 Å². The molecule has 1 aromatic carbocycles. The van der Waals surface area contributed by atoms with Crippen molar-refractivity contribution in [1.29, 1.82) is 0 Å². The maximum Gasteiger partial charge on any atom is 0.0600 e. The maximum atomic E-state index is 6.01. The molecular formula is C14H23N3O. The standard InChI is InChI=1S/C14H23N3O/c1-18-12-4-7-16-8-10-17(11-9-16)14-6-3-2-5-13(14)15/h2-3,5-6H,4,7-12,15H2,1H3. The van der Waals surface area contributed by atoms with Gasteiger partial charge in [-0.05, 0) is 18.6 Å². The minimum absolute atomic E-state index is 0.853. The van der Waals surface area contributed by atoms with Crippen molar-refractivity contribution >= 4 is 11.4 Å². The van der Waals surface area contributed by atoms with Gasteiger partial charge in [-0.1, -0.05) is 12.1 Å². The van der Waals surface area contributed by atoms with E-state index in [-0.39, 0.29) is 0 Å². The molecule has 0 amide bonds. The molecule has 100 valence electrons. The van der Waals surface area contributed by atoms with Crippen molar-refractivity contribution in [3.63, 3.8) is 0 Å². The van der Waals surface area contributed by atoms with E-state index >= 15 is 0 Å². The van der Waals surface area contributed by atoms with E-state index in [1.54, 1.807) is 7.11 Å². The summed E-state index contributed by atoms with van der Waals surface area (Å²) in [5, 5.41) is 0. The highest BCUT2D eigenvalue weighted by Gasteiger charge is 2.17. The smallest absolute Gasteiger partial charge is 0.0600 e. The van der Waals surface area contributed by atoms with Gasteiger partial charge in [-0.25, -0.2) is 0 Å². The lowest BCUT2D eigenvalue weighted by Gasteiger charge is -2.36. The molecule has 1 heterocycles. The lowest BCUT2D eigenvalue weighted by atomic mass is 10.2. The van der Waals surface area contributed by atoms with Gasteiger partial charge >= 0.3 is 0 Å². The number of ether oxygens (including phenoxy) is 1. The molecule has 0 bridgehead atoms. The van der Waals surface area contributed by atoms with Crippen LogP contribution in [-0.2, 0) is 4.74 Å². The largest absolute Gasteiger partial charge is 0.397 e. The quantitative estimate of drug-likeness (QED) is 0.633. The van der Waals surface area contributed by atoms with Gasteiger partial charge in [0.15, 0.2) is 0 Å². The molecule has 0 atom stereocenters. The Bertz CT molecular complexity index is 362. The number of anilines is 2. The third kappa shape index (κ3) is 3.37. The van der Waals surface area contributed by atoms with Crippen molar-refractivity contribution < 1.29 is 4.74 Å². The predicted molar refractivity (Wildman–Crippen MR) is 76.0 cm³/mol. The molecule has 1 saturated heterocycles. The molecule has 18 heavy (non-hydrogen) atoms. The first-order valence-electron chi connectivity index (χ1n) is 6.62. The second-order valence-electron chi connectivity index (χ2n) is 4.73. The number of rotatable bonds is 5. The molecule has 2 rings (SSSR count). The first-order valence-corrected chi connectivity index (χ1v) is 6.62. The fourth-order valence-corrected chi connectivity index (χ4v) is 2.42. The number of nitrogen functional groups attached to an aromatic ring is 1. The van der Waals surface area contributed by atoms with Crippen LogP contribution < -0.4 is 10.6 Å². The Balaban J connectivity index is 1.81. The van der Waals surface area contributed by atoms with Crippen LogP contribution >= 0.6 is 0 Å². The Labute approximate surface area is 109 Å². The summed E-state index contributed by atoms with van der Waals surface area (Å²) in [6.45, 7) is 6.32. The average molecular weight is 249 g/mol. The highest BCUT2D eigenvalue weighted by atomic mass is 16.5. The van der Waals surface area contributed by atoms with Crippen LogP contribution in [0.4, 0.5) is 11.4 Å². The van der Waals surface area contributed by atoms with Crippen LogP contribution in [0.3, 0.4) is 0 Å². The van der Waals surface area contributed by atoms with E-state index in [0.29, 0.717) is 0 Å². The van der Waals surface area contributed by atoms with Crippen LogP contribution in [0.15, 0.2) is 24.3 Å². The normalized spacial score (nSPS) is 17.1. The molecule has 1 aliphatic rings. The Hall–Kier alpha value is -1.26. The number of hydrogen-bond acceptors (Lipinski definition) is 4. The summed E-state index contributed by atoms with van der Waals surface area (Å²) >= 11 is 0. The Morgan fingerprint density at radius 3 is 2.56 bits per heavy atom. The number of nitrogens with zero attached hydrogens (tertiary/aromatic N) is 2. The fraction of sp³-hybridized carbons (Fsp3) is 0.571. The third-order valence-corrected chi connectivity index (χ3v) is 3.47. The Morgan fingerprint density at radius 1 is 1.17 bits per heavy atom. The fourth-order valence-electron chi connectivity index (χ4n) is 2.42. The van der Waals surface area contributed by atoms with Crippen molar-refractivity contribution in [2.45, 2.75) is 6.42 Å². The number of nitrogens with two attached hydrogens (primary N) is 1. The van der Waals surface area contributed by atoms with Crippen LogP contribution in [0.25, 0.3) is 0 Å². The van der Waals surface area contributed by atoms with Crippen molar-refractivity contribution in [2.75, 3.05) is 57.1 Å². The van der Waals surface area contributed by atoms with Crippen LogP contribution in [-0.4, -0.2) is 51.3 Å². The van der Waals surface area contributed by atoms with Crippen LogP contribution in [0, 0.1) is 0 Å². The topological polar surface area (TPSA) is 41.7 Å². The van der Waals surface area contributed by atoms with E-state index in [9.17, 15) is 0 Å². The van der Waals surface area contributed by atoms with Gasteiger partial charge in [-0.15, -0.1) is 0 Å². The number of para-hydroxylation sites is 2. The monoisotopic (exact) mass is 249 g/mol. The third-order valence-electron chi connectivity index (χ3n) is 3.47. The van der Waals surface area contributed by atoms with Crippen LogP contribution in [0.1, 0.15) is 6.42 Å². The zero-order valence-corrected chi connectivity index (χ0v) is 11.1. The molecule has 1 fully saturated rings. The van der Waals surface area contributed by atoms with E-state index in [2.05, 4.69) is 21.9 Å². The molecule has 0 aromatic heterocycles. The first-order chi connectivity index (χ1) is 8.81. The molecule has 1 aromatic rings. The molecule has 4 nitrogen and oxygen atoms in total. The van der Waals surface area contributed by atoms with Crippen molar-refractivity contribution in [3.05, 3.63) is 24.3 Å². The summed E-state index contributed by atoms with van der Waals surface area (Å²) < 4.78 is 5.09. The van der Waals surface area contributed by atoms with Gasteiger partial charge in [0, 0.05) is 46.4 Å². The second-order valence-corrected chi connectivity index (χ2v) is 4.73. The molecule has 1 aliphatic heterocycles. The van der Waals surface area contributed by atoms with Crippen molar-refractivity contribution in [3.8, 4) is 0 Å². The molecule has 0 saturated carbocycles. The minimum Gasteiger partial charge on any atom is -0.397 e. The van der Waals surface area contributed by atoms with Gasteiger partial charge in [0.1, 0.15) is 0 Å². The molecule has 2 N–H and O–H groups in total. The number of piperazine rings is 1. The Morgan fingerprint density at radius 2 is 1.89 bits per heavy atom.